The van der Waals surface area contributed by atoms with E-state index in [0.29, 0.717) is 29.9 Å². The number of nitrogens with zero attached hydrogens (tertiary/aromatic N) is 2. The highest BCUT2D eigenvalue weighted by Gasteiger charge is 2.34. The molecule has 0 aliphatic carbocycles. The monoisotopic (exact) mass is 316 g/mol. The van der Waals surface area contributed by atoms with Crippen molar-refractivity contribution in [3.63, 3.8) is 0 Å². The molecule has 1 heterocycles. The summed E-state index contributed by atoms with van der Waals surface area (Å²) in [4.78, 5) is 2.47. The van der Waals surface area contributed by atoms with Gasteiger partial charge in [-0.15, -0.1) is 11.6 Å². The van der Waals surface area contributed by atoms with E-state index in [1.807, 2.05) is 27.1 Å². The Hall–Kier alpha value is -0.620. The van der Waals surface area contributed by atoms with Gasteiger partial charge in [-0.25, -0.2) is 8.42 Å². The van der Waals surface area contributed by atoms with E-state index < -0.39 is 10.0 Å². The fraction of sp³-hybridized carbons (Fsp3) is 0.571. The summed E-state index contributed by atoms with van der Waals surface area (Å²) in [7, 11) is 0.552. The summed E-state index contributed by atoms with van der Waals surface area (Å²) in [6.07, 6.45) is 0.875. The van der Waals surface area contributed by atoms with E-state index in [0.717, 1.165) is 17.5 Å². The van der Waals surface area contributed by atoms with Crippen LogP contribution in [0.15, 0.2) is 23.1 Å². The molecule has 0 radical (unpaired) electrons. The molecule has 0 amide bonds. The highest BCUT2D eigenvalue weighted by atomic mass is 35.5. The van der Waals surface area contributed by atoms with Gasteiger partial charge >= 0.3 is 0 Å². The van der Waals surface area contributed by atoms with Crippen LogP contribution in [0, 0.1) is 6.92 Å². The summed E-state index contributed by atoms with van der Waals surface area (Å²) in [6.45, 7) is 2.96. The minimum atomic E-state index is -3.42. The molecule has 6 heteroatoms. The number of hydrogen-bond acceptors (Lipinski definition) is 3. The summed E-state index contributed by atoms with van der Waals surface area (Å²) in [5.74, 6) is 0.329. The molecule has 1 atom stereocenters. The average Bonchev–Trinajstić information content (AvgIpc) is 2.89. The Morgan fingerprint density at radius 3 is 2.65 bits per heavy atom. The Morgan fingerprint density at radius 1 is 1.40 bits per heavy atom. The van der Waals surface area contributed by atoms with Crippen molar-refractivity contribution in [2.24, 2.45) is 0 Å². The molecule has 1 aromatic rings. The second-order valence-electron chi connectivity index (χ2n) is 5.44. The van der Waals surface area contributed by atoms with E-state index in [4.69, 9.17) is 11.6 Å². The third kappa shape index (κ3) is 2.86. The van der Waals surface area contributed by atoms with Crippen molar-refractivity contribution in [2.75, 3.05) is 27.2 Å². The molecular weight excluding hydrogens is 296 g/mol. The molecule has 0 bridgehead atoms. The molecule has 112 valence electrons. The van der Waals surface area contributed by atoms with Gasteiger partial charge in [-0.2, -0.15) is 4.31 Å². The summed E-state index contributed by atoms with van der Waals surface area (Å²) in [5, 5.41) is 0. The topological polar surface area (TPSA) is 40.6 Å². The highest BCUT2D eigenvalue weighted by Crippen LogP contribution is 2.27. The number of halogens is 1. The van der Waals surface area contributed by atoms with Crippen molar-refractivity contribution in [1.29, 1.82) is 0 Å². The Bertz CT molecular complexity index is 587. The lowest BCUT2D eigenvalue weighted by Gasteiger charge is -2.21. The van der Waals surface area contributed by atoms with Gasteiger partial charge < -0.3 is 4.90 Å². The zero-order chi connectivity index (χ0) is 14.9. The number of likely N-dealkylation sites (N-methyl/N-ethyl adjacent to an activating group) is 1. The molecule has 4 nitrogen and oxygen atoms in total. The predicted octanol–water partition coefficient (Wildman–Crippen LogP) is 2.06. The van der Waals surface area contributed by atoms with E-state index in [2.05, 4.69) is 4.90 Å². The third-order valence-electron chi connectivity index (χ3n) is 4.01. The Balaban J connectivity index is 2.33. The van der Waals surface area contributed by atoms with Crippen LogP contribution in [-0.2, 0) is 15.9 Å². The van der Waals surface area contributed by atoms with Crippen molar-refractivity contribution in [3.8, 4) is 0 Å². The smallest absolute Gasteiger partial charge is 0.243 e. The van der Waals surface area contributed by atoms with E-state index >= 15 is 0 Å². The minimum Gasteiger partial charge on any atom is -0.305 e. The first-order valence-electron chi connectivity index (χ1n) is 6.69. The van der Waals surface area contributed by atoms with Crippen LogP contribution in [0.1, 0.15) is 17.5 Å². The van der Waals surface area contributed by atoms with Crippen LogP contribution in [-0.4, -0.2) is 50.8 Å². The molecule has 1 saturated heterocycles. The van der Waals surface area contributed by atoms with Gasteiger partial charge in [0.15, 0.2) is 0 Å². The maximum absolute atomic E-state index is 12.8. The number of hydrogen-bond donors (Lipinski definition) is 0. The zero-order valence-corrected chi connectivity index (χ0v) is 13.7. The zero-order valence-electron chi connectivity index (χ0n) is 12.1. The second-order valence-corrected chi connectivity index (χ2v) is 7.62. The Morgan fingerprint density at radius 2 is 2.10 bits per heavy atom. The first kappa shape index (κ1) is 15.8. The number of benzene rings is 1. The number of alkyl halides is 1. The fourth-order valence-electron chi connectivity index (χ4n) is 2.57. The van der Waals surface area contributed by atoms with Gasteiger partial charge in [0.2, 0.25) is 10.0 Å². The Kier molecular flexibility index (Phi) is 4.74. The number of sulfonamides is 1. The normalized spacial score (nSPS) is 20.8. The quantitative estimate of drug-likeness (QED) is 0.798. The van der Waals surface area contributed by atoms with Gasteiger partial charge in [0, 0.05) is 25.0 Å². The molecule has 1 unspecified atom stereocenters. The predicted molar refractivity (Wildman–Crippen MR) is 81.6 cm³/mol. The van der Waals surface area contributed by atoms with Gasteiger partial charge in [-0.1, -0.05) is 12.1 Å². The van der Waals surface area contributed by atoms with Gasteiger partial charge in [0.1, 0.15) is 0 Å². The third-order valence-corrected chi connectivity index (χ3v) is 6.31. The molecular formula is C14H21ClN2O2S. The maximum Gasteiger partial charge on any atom is 0.243 e. The van der Waals surface area contributed by atoms with E-state index in [1.165, 1.54) is 0 Å². The van der Waals surface area contributed by atoms with Crippen LogP contribution in [0.5, 0.6) is 0 Å². The molecule has 20 heavy (non-hydrogen) atoms. The molecule has 0 saturated carbocycles. The SMILES string of the molecule is Cc1c(CCl)cccc1S(=O)(=O)N1CCC(N(C)C)C1. The molecule has 0 aromatic heterocycles. The maximum atomic E-state index is 12.8. The lowest BCUT2D eigenvalue weighted by molar-refractivity contribution is 0.302. The van der Waals surface area contributed by atoms with Crippen molar-refractivity contribution < 1.29 is 8.42 Å². The fourth-order valence-corrected chi connectivity index (χ4v) is 4.62. The van der Waals surface area contributed by atoms with Crippen LogP contribution in [0.25, 0.3) is 0 Å². The van der Waals surface area contributed by atoms with E-state index in [1.54, 1.807) is 16.4 Å². The molecule has 1 aliphatic heterocycles. The average molecular weight is 317 g/mol. The molecule has 2 rings (SSSR count). The molecule has 0 spiro atoms. The molecule has 0 N–H and O–H groups in total. The molecule has 1 aromatic carbocycles. The molecule has 1 aliphatic rings. The lowest BCUT2D eigenvalue weighted by atomic mass is 10.1. The van der Waals surface area contributed by atoms with Crippen LogP contribution in [0.3, 0.4) is 0 Å². The van der Waals surface area contributed by atoms with E-state index in [9.17, 15) is 8.42 Å². The summed E-state index contributed by atoms with van der Waals surface area (Å²) in [6, 6.07) is 5.59. The van der Waals surface area contributed by atoms with E-state index in [-0.39, 0.29) is 0 Å². The summed E-state index contributed by atoms with van der Waals surface area (Å²) >= 11 is 5.86. The Labute approximate surface area is 126 Å². The van der Waals surface area contributed by atoms with Crippen LogP contribution in [0.2, 0.25) is 0 Å². The van der Waals surface area contributed by atoms with Gasteiger partial charge in [0.25, 0.3) is 0 Å². The summed E-state index contributed by atoms with van der Waals surface area (Å²) < 4.78 is 27.1. The van der Waals surface area contributed by atoms with Crippen molar-refractivity contribution in [2.45, 2.75) is 30.2 Å². The second kappa shape index (κ2) is 6.02. The first-order chi connectivity index (χ1) is 9.37. The highest BCUT2D eigenvalue weighted by molar-refractivity contribution is 7.89. The van der Waals surface area contributed by atoms with Gasteiger partial charge in [-0.3, -0.25) is 0 Å². The van der Waals surface area contributed by atoms with Gasteiger partial charge in [-0.05, 0) is 44.6 Å². The molecule has 1 fully saturated rings. The number of rotatable bonds is 4. The summed E-state index contributed by atoms with van der Waals surface area (Å²) in [5.41, 5.74) is 1.63. The van der Waals surface area contributed by atoms with Crippen LogP contribution < -0.4 is 0 Å². The minimum absolute atomic E-state index is 0.293. The largest absolute Gasteiger partial charge is 0.305 e. The van der Waals surface area contributed by atoms with Crippen molar-refractivity contribution in [1.82, 2.24) is 9.21 Å². The van der Waals surface area contributed by atoms with Crippen LogP contribution >= 0.6 is 11.6 Å². The van der Waals surface area contributed by atoms with Crippen LogP contribution in [0.4, 0.5) is 0 Å². The van der Waals surface area contributed by atoms with Crippen molar-refractivity contribution >= 4 is 21.6 Å². The van der Waals surface area contributed by atoms with Crippen molar-refractivity contribution in [3.05, 3.63) is 29.3 Å². The first-order valence-corrected chi connectivity index (χ1v) is 8.66. The lowest BCUT2D eigenvalue weighted by Crippen LogP contribution is -2.34. The standard InChI is InChI=1S/C14H21ClN2O2S/c1-11-12(9-15)5-4-6-14(11)20(18,19)17-8-7-13(10-17)16(2)3/h4-6,13H,7-10H2,1-3H3. The van der Waals surface area contributed by atoms with Gasteiger partial charge in [0.05, 0.1) is 4.90 Å².